The van der Waals surface area contributed by atoms with E-state index in [0.29, 0.717) is 22.0 Å². The third-order valence-electron chi connectivity index (χ3n) is 7.03. The number of hydrogen-bond donors (Lipinski definition) is 2. The molecule has 2 unspecified atom stereocenters. The van der Waals surface area contributed by atoms with Crippen LogP contribution >= 0.6 is 22.9 Å². The lowest BCUT2D eigenvalue weighted by Crippen LogP contribution is -2.52. The number of carbonyl (C=O) groups is 1. The van der Waals surface area contributed by atoms with Gasteiger partial charge in [0.2, 0.25) is 0 Å². The van der Waals surface area contributed by atoms with Crippen molar-refractivity contribution < 1.29 is 23.9 Å². The number of aliphatic hydroxyl groups excluding tert-OH is 1. The predicted octanol–water partition coefficient (Wildman–Crippen LogP) is 4.91. The predicted molar refractivity (Wildman–Crippen MR) is 144 cm³/mol. The van der Waals surface area contributed by atoms with Gasteiger partial charge in [0.15, 0.2) is 17.3 Å². The molecule has 7 nitrogen and oxygen atoms in total. The fourth-order valence-corrected chi connectivity index (χ4v) is 5.68. The molecule has 1 amide bonds. The summed E-state index contributed by atoms with van der Waals surface area (Å²) in [6.07, 6.45) is 1.85. The first-order valence-electron chi connectivity index (χ1n) is 12.7. The normalized spacial score (nSPS) is 18.4. The first kappa shape index (κ1) is 25.3. The van der Waals surface area contributed by atoms with Crippen molar-refractivity contribution in [2.75, 3.05) is 19.6 Å². The maximum atomic E-state index is 14.7. The van der Waals surface area contributed by atoms with Gasteiger partial charge in [0.05, 0.1) is 16.5 Å². The topological polar surface area (TPSA) is 83.4 Å². The van der Waals surface area contributed by atoms with E-state index in [1.165, 1.54) is 17.4 Å². The minimum atomic E-state index is -1.13. The van der Waals surface area contributed by atoms with Gasteiger partial charge in [0.25, 0.3) is 5.91 Å². The standard InChI is InChI=1S/C28H27ClFN3O4S/c29-25-9-8-24(38-25)16-2-6-20-18(12-16)15-36-32-26(20)28(35)31-22(14-33-10-1-11-33)27(34)17-3-7-23(21(30)13-17)37-19-4-5-19/h2-3,6-9,12-13,19,22,27,34H,1,4-5,10-11,14-15H2,(H,31,35). The monoisotopic (exact) mass is 555 g/mol. The van der Waals surface area contributed by atoms with E-state index in [0.717, 1.165) is 48.4 Å². The quantitative estimate of drug-likeness (QED) is 0.392. The SMILES string of the molecule is O=C(NC(CN1CCC1)C(O)c1ccc(OC2CC2)c(F)c1)C1=NOCc2cc(-c3ccc(Cl)s3)ccc21. The number of amides is 1. The molecule has 1 saturated carbocycles. The number of nitrogens with zero attached hydrogens (tertiary/aromatic N) is 2. The van der Waals surface area contributed by atoms with Crippen LogP contribution in [0.1, 0.15) is 42.1 Å². The van der Waals surface area contributed by atoms with Crippen LogP contribution in [0, 0.1) is 5.82 Å². The molecule has 1 aliphatic carbocycles. The van der Waals surface area contributed by atoms with Gasteiger partial charge < -0.3 is 24.9 Å². The minimum absolute atomic E-state index is 0.0688. The van der Waals surface area contributed by atoms with Gasteiger partial charge >= 0.3 is 0 Å². The molecule has 3 heterocycles. The summed E-state index contributed by atoms with van der Waals surface area (Å²) in [6.45, 7) is 2.43. The number of hydrogen-bond acceptors (Lipinski definition) is 7. The highest BCUT2D eigenvalue weighted by atomic mass is 35.5. The highest BCUT2D eigenvalue weighted by Gasteiger charge is 2.32. The molecule has 38 heavy (non-hydrogen) atoms. The Bertz CT molecular complexity index is 1390. The zero-order valence-electron chi connectivity index (χ0n) is 20.5. The lowest BCUT2D eigenvalue weighted by Gasteiger charge is -2.36. The van der Waals surface area contributed by atoms with E-state index in [4.69, 9.17) is 21.2 Å². The Morgan fingerprint density at radius 2 is 2.08 bits per heavy atom. The van der Waals surface area contributed by atoms with Gasteiger partial charge in [-0.1, -0.05) is 35.0 Å². The summed E-state index contributed by atoms with van der Waals surface area (Å²) >= 11 is 7.57. The number of carbonyl (C=O) groups excluding carboxylic acids is 1. The van der Waals surface area contributed by atoms with Gasteiger partial charge in [-0.3, -0.25) is 4.79 Å². The van der Waals surface area contributed by atoms with Crippen molar-refractivity contribution in [3.8, 4) is 16.2 Å². The van der Waals surface area contributed by atoms with Crippen molar-refractivity contribution in [2.45, 2.75) is 44.1 Å². The van der Waals surface area contributed by atoms with Crippen LogP contribution < -0.4 is 10.1 Å². The van der Waals surface area contributed by atoms with Crippen molar-refractivity contribution in [3.63, 3.8) is 0 Å². The zero-order valence-corrected chi connectivity index (χ0v) is 22.1. The van der Waals surface area contributed by atoms with Crippen molar-refractivity contribution in [1.82, 2.24) is 10.2 Å². The van der Waals surface area contributed by atoms with E-state index in [9.17, 15) is 14.3 Å². The fraction of sp³-hybridized carbons (Fsp3) is 0.357. The van der Waals surface area contributed by atoms with Crippen molar-refractivity contribution in [1.29, 1.82) is 0 Å². The Hall–Kier alpha value is -2.98. The van der Waals surface area contributed by atoms with Crippen LogP contribution in [-0.4, -0.2) is 53.4 Å². The van der Waals surface area contributed by atoms with Crippen LogP contribution in [0.3, 0.4) is 0 Å². The number of ether oxygens (including phenoxy) is 1. The summed E-state index contributed by atoms with van der Waals surface area (Å²) in [5.41, 5.74) is 3.00. The van der Waals surface area contributed by atoms with E-state index in [2.05, 4.69) is 15.4 Å². The maximum absolute atomic E-state index is 14.7. The second-order valence-corrected chi connectivity index (χ2v) is 11.6. The summed E-state index contributed by atoms with van der Waals surface area (Å²) in [6, 6.07) is 13.3. The molecular formula is C28H27ClFN3O4S. The van der Waals surface area contributed by atoms with Gasteiger partial charge in [0.1, 0.15) is 12.7 Å². The van der Waals surface area contributed by atoms with E-state index in [1.807, 2.05) is 30.3 Å². The second kappa shape index (κ2) is 10.6. The van der Waals surface area contributed by atoms with Crippen LogP contribution in [-0.2, 0) is 16.2 Å². The number of halogens is 2. The Balaban J connectivity index is 1.21. The third kappa shape index (κ3) is 5.42. The molecule has 1 aromatic heterocycles. The molecule has 6 rings (SSSR count). The summed E-state index contributed by atoms with van der Waals surface area (Å²) < 4.78 is 21.0. The lowest BCUT2D eigenvalue weighted by molar-refractivity contribution is -0.116. The Labute approximate surface area is 228 Å². The summed E-state index contributed by atoms with van der Waals surface area (Å²) in [5.74, 6) is -0.804. The smallest absolute Gasteiger partial charge is 0.274 e. The summed E-state index contributed by atoms with van der Waals surface area (Å²) in [4.78, 5) is 22.0. The van der Waals surface area contributed by atoms with Crippen molar-refractivity contribution >= 4 is 34.6 Å². The third-order valence-corrected chi connectivity index (χ3v) is 8.31. The average Bonchev–Trinajstić information content (AvgIpc) is 3.61. The van der Waals surface area contributed by atoms with Crippen LogP contribution in [0.4, 0.5) is 4.39 Å². The Kier molecular flexibility index (Phi) is 7.09. The van der Waals surface area contributed by atoms with Crippen molar-refractivity contribution in [3.05, 3.63) is 75.4 Å². The average molecular weight is 556 g/mol. The van der Waals surface area contributed by atoms with E-state index in [-0.39, 0.29) is 24.2 Å². The molecule has 0 radical (unpaired) electrons. The molecule has 2 aromatic carbocycles. The zero-order chi connectivity index (χ0) is 26.2. The number of likely N-dealkylation sites (tertiary alicyclic amines) is 1. The molecular weight excluding hydrogens is 529 g/mol. The van der Waals surface area contributed by atoms with E-state index in [1.54, 1.807) is 12.1 Å². The number of benzene rings is 2. The van der Waals surface area contributed by atoms with Crippen LogP contribution in [0.25, 0.3) is 10.4 Å². The van der Waals surface area contributed by atoms with Crippen molar-refractivity contribution in [2.24, 2.45) is 5.16 Å². The highest BCUT2D eigenvalue weighted by molar-refractivity contribution is 7.19. The van der Waals surface area contributed by atoms with E-state index < -0.39 is 23.9 Å². The molecule has 10 heteroatoms. The van der Waals surface area contributed by atoms with E-state index >= 15 is 0 Å². The van der Waals surface area contributed by atoms with Gasteiger partial charge in [-0.05, 0) is 73.8 Å². The number of oxime groups is 1. The number of rotatable bonds is 9. The Morgan fingerprint density at radius 1 is 1.24 bits per heavy atom. The molecule has 2 aliphatic heterocycles. The number of aliphatic hydroxyl groups is 1. The first-order valence-corrected chi connectivity index (χ1v) is 13.9. The lowest BCUT2D eigenvalue weighted by atomic mass is 9.97. The summed E-state index contributed by atoms with van der Waals surface area (Å²) in [7, 11) is 0. The molecule has 198 valence electrons. The molecule has 2 N–H and O–H groups in total. The first-order chi connectivity index (χ1) is 18.4. The molecule has 1 saturated heterocycles. The van der Waals surface area contributed by atoms with Gasteiger partial charge in [-0.2, -0.15) is 0 Å². The van der Waals surface area contributed by atoms with Gasteiger partial charge in [-0.15, -0.1) is 11.3 Å². The molecule has 0 spiro atoms. The summed E-state index contributed by atoms with van der Waals surface area (Å²) in [5, 5.41) is 18.2. The maximum Gasteiger partial charge on any atom is 0.274 e. The fourth-order valence-electron chi connectivity index (χ4n) is 4.64. The molecule has 2 fully saturated rings. The molecule has 0 bridgehead atoms. The van der Waals surface area contributed by atoms with Gasteiger partial charge in [-0.25, -0.2) is 4.39 Å². The highest BCUT2D eigenvalue weighted by Crippen LogP contribution is 2.34. The molecule has 2 atom stereocenters. The van der Waals surface area contributed by atoms with Gasteiger partial charge in [0, 0.05) is 22.5 Å². The Morgan fingerprint density at radius 3 is 2.76 bits per heavy atom. The number of thiophene rings is 1. The van der Waals surface area contributed by atoms with Crippen LogP contribution in [0.2, 0.25) is 4.34 Å². The second-order valence-electron chi connectivity index (χ2n) is 9.88. The molecule has 3 aromatic rings. The number of nitrogens with one attached hydrogen (secondary N) is 1. The van der Waals surface area contributed by atoms with Crippen LogP contribution in [0.5, 0.6) is 5.75 Å². The largest absolute Gasteiger partial charge is 0.487 e. The minimum Gasteiger partial charge on any atom is -0.487 e. The number of fused-ring (bicyclic) bond motifs is 1. The molecule has 3 aliphatic rings. The van der Waals surface area contributed by atoms with Crippen LogP contribution in [0.15, 0.2) is 53.7 Å².